The summed E-state index contributed by atoms with van der Waals surface area (Å²) in [7, 11) is 4.02. The normalized spacial score (nSPS) is 21.6. The molecule has 0 spiro atoms. The molecule has 1 fully saturated rings. The van der Waals surface area contributed by atoms with Gasteiger partial charge in [-0.25, -0.2) is 0 Å². The standard InChI is InChI=1S/C16H23N3O3/c1-19(2)10-4-3-5-13-15(21)18-14(16(22)17-13)11-6-8-12(20)9-7-11/h6-9,13-14,20H,3-5,10H2,1-2H3,(H,17,22)(H,18,21)/t13-,14+/m0/s1. The lowest BCUT2D eigenvalue weighted by molar-refractivity contribution is -0.137. The van der Waals surface area contributed by atoms with Crippen molar-refractivity contribution in [3.8, 4) is 5.75 Å². The van der Waals surface area contributed by atoms with Gasteiger partial charge in [0.1, 0.15) is 17.8 Å². The molecule has 1 heterocycles. The van der Waals surface area contributed by atoms with Crippen LogP contribution in [0.2, 0.25) is 0 Å². The second-order valence-corrected chi connectivity index (χ2v) is 5.89. The largest absolute Gasteiger partial charge is 0.508 e. The maximum Gasteiger partial charge on any atom is 0.247 e. The monoisotopic (exact) mass is 305 g/mol. The van der Waals surface area contributed by atoms with Gasteiger partial charge in [0.05, 0.1) is 0 Å². The highest BCUT2D eigenvalue weighted by atomic mass is 16.3. The highest BCUT2D eigenvalue weighted by Crippen LogP contribution is 2.20. The highest BCUT2D eigenvalue weighted by molar-refractivity contribution is 5.97. The number of nitrogens with one attached hydrogen (secondary N) is 2. The first-order chi connectivity index (χ1) is 10.5. The minimum atomic E-state index is -0.689. The van der Waals surface area contributed by atoms with Crippen molar-refractivity contribution in [2.24, 2.45) is 0 Å². The van der Waals surface area contributed by atoms with Gasteiger partial charge in [0.25, 0.3) is 0 Å². The van der Waals surface area contributed by atoms with Crippen LogP contribution in [-0.4, -0.2) is 48.5 Å². The van der Waals surface area contributed by atoms with Gasteiger partial charge in [-0.05, 0) is 57.6 Å². The third-order valence-electron chi connectivity index (χ3n) is 3.76. The summed E-state index contributed by atoms with van der Waals surface area (Å²) in [5, 5.41) is 14.8. The SMILES string of the molecule is CN(C)CCCC[C@@H]1NC(=O)[C@@H](c2ccc(O)cc2)NC1=O. The molecule has 6 nitrogen and oxygen atoms in total. The summed E-state index contributed by atoms with van der Waals surface area (Å²) in [6.07, 6.45) is 2.53. The Morgan fingerprint density at radius 2 is 1.73 bits per heavy atom. The van der Waals surface area contributed by atoms with Gasteiger partial charge in [-0.15, -0.1) is 0 Å². The third kappa shape index (κ3) is 4.21. The first-order valence-corrected chi connectivity index (χ1v) is 7.52. The number of phenols is 1. The molecule has 2 atom stereocenters. The predicted octanol–water partition coefficient (Wildman–Crippen LogP) is 0.780. The van der Waals surface area contributed by atoms with E-state index in [1.807, 2.05) is 14.1 Å². The van der Waals surface area contributed by atoms with E-state index in [-0.39, 0.29) is 17.6 Å². The Hall–Kier alpha value is -2.08. The summed E-state index contributed by atoms with van der Waals surface area (Å²) in [5.41, 5.74) is 0.662. The van der Waals surface area contributed by atoms with Crippen molar-refractivity contribution < 1.29 is 14.7 Å². The predicted molar refractivity (Wildman–Crippen MR) is 83.3 cm³/mol. The molecular formula is C16H23N3O3. The number of hydrogen-bond acceptors (Lipinski definition) is 4. The van der Waals surface area contributed by atoms with Crippen LogP contribution in [0.3, 0.4) is 0 Å². The van der Waals surface area contributed by atoms with Crippen LogP contribution in [-0.2, 0) is 9.59 Å². The molecule has 120 valence electrons. The van der Waals surface area contributed by atoms with Crippen molar-refractivity contribution in [2.75, 3.05) is 20.6 Å². The van der Waals surface area contributed by atoms with Crippen molar-refractivity contribution in [3.63, 3.8) is 0 Å². The molecule has 3 N–H and O–H groups in total. The van der Waals surface area contributed by atoms with Crippen molar-refractivity contribution in [1.29, 1.82) is 0 Å². The fourth-order valence-electron chi connectivity index (χ4n) is 2.51. The molecule has 1 aromatic carbocycles. The number of phenolic OH excluding ortho intramolecular Hbond substituents is 1. The Morgan fingerprint density at radius 1 is 1.05 bits per heavy atom. The Kier molecular flexibility index (Phi) is 5.38. The Morgan fingerprint density at radius 3 is 2.36 bits per heavy atom. The lowest BCUT2D eigenvalue weighted by atomic mass is 9.99. The van der Waals surface area contributed by atoms with E-state index in [9.17, 15) is 14.7 Å². The Labute approximate surface area is 130 Å². The quantitative estimate of drug-likeness (QED) is 0.678. The average molecular weight is 305 g/mol. The van der Waals surface area contributed by atoms with Crippen molar-refractivity contribution >= 4 is 11.8 Å². The van der Waals surface area contributed by atoms with Crippen LogP contribution in [0.1, 0.15) is 30.9 Å². The van der Waals surface area contributed by atoms with Gasteiger partial charge in [0, 0.05) is 0 Å². The van der Waals surface area contributed by atoms with Crippen LogP contribution >= 0.6 is 0 Å². The van der Waals surface area contributed by atoms with Crippen LogP contribution in [0.4, 0.5) is 0 Å². The van der Waals surface area contributed by atoms with Crippen LogP contribution in [0, 0.1) is 0 Å². The number of hydrogen-bond donors (Lipinski definition) is 3. The molecule has 6 heteroatoms. The van der Waals surface area contributed by atoms with Crippen molar-refractivity contribution in [3.05, 3.63) is 29.8 Å². The summed E-state index contributed by atoms with van der Waals surface area (Å²) < 4.78 is 0. The smallest absolute Gasteiger partial charge is 0.247 e. The van der Waals surface area contributed by atoms with E-state index in [0.29, 0.717) is 12.0 Å². The first kappa shape index (κ1) is 16.3. The maximum absolute atomic E-state index is 12.2. The van der Waals surface area contributed by atoms with Crippen LogP contribution < -0.4 is 10.6 Å². The highest BCUT2D eigenvalue weighted by Gasteiger charge is 2.33. The Bertz CT molecular complexity index is 528. The number of carbonyl (C=O) groups excluding carboxylic acids is 2. The van der Waals surface area contributed by atoms with E-state index < -0.39 is 12.1 Å². The summed E-state index contributed by atoms with van der Waals surface area (Å²) in [5.74, 6) is -0.226. The van der Waals surface area contributed by atoms with E-state index in [1.54, 1.807) is 12.1 Å². The molecule has 0 radical (unpaired) electrons. The van der Waals surface area contributed by atoms with Gasteiger partial charge < -0.3 is 20.6 Å². The number of rotatable bonds is 6. The third-order valence-corrected chi connectivity index (χ3v) is 3.76. The van der Waals surface area contributed by atoms with Gasteiger partial charge in [-0.1, -0.05) is 12.1 Å². The lowest BCUT2D eigenvalue weighted by Gasteiger charge is -2.30. The molecule has 2 rings (SSSR count). The molecule has 0 saturated carbocycles. The fourth-order valence-corrected chi connectivity index (χ4v) is 2.51. The van der Waals surface area contributed by atoms with E-state index in [2.05, 4.69) is 15.5 Å². The molecule has 0 bridgehead atoms. The fraction of sp³-hybridized carbons (Fsp3) is 0.500. The number of nitrogens with zero attached hydrogens (tertiary/aromatic N) is 1. The summed E-state index contributed by atoms with van der Waals surface area (Å²) in [6.45, 7) is 0.971. The number of aromatic hydroxyl groups is 1. The zero-order chi connectivity index (χ0) is 16.1. The van der Waals surface area contributed by atoms with E-state index >= 15 is 0 Å². The maximum atomic E-state index is 12.2. The zero-order valence-corrected chi connectivity index (χ0v) is 13.0. The molecule has 1 aliphatic rings. The minimum Gasteiger partial charge on any atom is -0.508 e. The van der Waals surface area contributed by atoms with Crippen molar-refractivity contribution in [1.82, 2.24) is 15.5 Å². The van der Waals surface area contributed by atoms with Gasteiger partial charge >= 0.3 is 0 Å². The van der Waals surface area contributed by atoms with Gasteiger partial charge in [-0.3, -0.25) is 9.59 Å². The van der Waals surface area contributed by atoms with Gasteiger partial charge in [0.2, 0.25) is 11.8 Å². The number of amides is 2. The van der Waals surface area contributed by atoms with Gasteiger partial charge in [-0.2, -0.15) is 0 Å². The molecule has 1 aromatic rings. The summed E-state index contributed by atoms with van der Waals surface area (Å²) in [6, 6.07) is 5.13. The molecule has 1 aliphatic heterocycles. The summed E-state index contributed by atoms with van der Waals surface area (Å²) >= 11 is 0. The second kappa shape index (κ2) is 7.26. The van der Waals surface area contributed by atoms with Gasteiger partial charge in [0.15, 0.2) is 0 Å². The molecule has 2 amide bonds. The average Bonchev–Trinajstić information content (AvgIpc) is 2.47. The lowest BCUT2D eigenvalue weighted by Crippen LogP contribution is -2.57. The Balaban J connectivity index is 1.90. The molecular weight excluding hydrogens is 282 g/mol. The topological polar surface area (TPSA) is 81.7 Å². The van der Waals surface area contributed by atoms with E-state index in [1.165, 1.54) is 12.1 Å². The van der Waals surface area contributed by atoms with Crippen molar-refractivity contribution in [2.45, 2.75) is 31.3 Å². The zero-order valence-electron chi connectivity index (χ0n) is 13.0. The van der Waals surface area contributed by atoms with Crippen LogP contribution in [0.5, 0.6) is 5.75 Å². The first-order valence-electron chi connectivity index (χ1n) is 7.52. The molecule has 0 aromatic heterocycles. The number of benzene rings is 1. The summed E-state index contributed by atoms with van der Waals surface area (Å²) in [4.78, 5) is 26.4. The van der Waals surface area contributed by atoms with Crippen LogP contribution in [0.15, 0.2) is 24.3 Å². The van der Waals surface area contributed by atoms with E-state index in [0.717, 1.165) is 19.4 Å². The molecule has 1 saturated heterocycles. The minimum absolute atomic E-state index is 0.130. The molecule has 0 unspecified atom stereocenters. The second-order valence-electron chi connectivity index (χ2n) is 5.89. The van der Waals surface area contributed by atoms with Crippen LogP contribution in [0.25, 0.3) is 0 Å². The molecule has 22 heavy (non-hydrogen) atoms. The number of piperazine rings is 1. The van der Waals surface area contributed by atoms with E-state index in [4.69, 9.17) is 0 Å². The molecule has 0 aliphatic carbocycles. The number of unbranched alkanes of at least 4 members (excludes halogenated alkanes) is 1. The number of carbonyl (C=O) groups is 2.